The van der Waals surface area contributed by atoms with E-state index in [1.165, 1.54) is 4.52 Å². The van der Waals surface area contributed by atoms with Crippen LogP contribution < -0.4 is 15.0 Å². The maximum Gasteiger partial charge on any atom is 0.277 e. The van der Waals surface area contributed by atoms with E-state index in [-0.39, 0.29) is 11.3 Å². The normalized spacial score (nSPS) is 12.0. The number of nitrogens with zero attached hydrogens (tertiary/aromatic N) is 3. The number of imidazole rings is 1. The molecule has 2 aromatic heterocycles. The number of unbranched alkanes of at least 4 members (excludes halogenated alkanes) is 1. The molecule has 1 atom stereocenters. The molecule has 0 aliphatic carbocycles. The minimum atomic E-state index is -0.426. The van der Waals surface area contributed by atoms with Crippen molar-refractivity contribution >= 4 is 11.3 Å². The Hall–Kier alpha value is -3.42. The third-order valence-corrected chi connectivity index (χ3v) is 5.27. The van der Waals surface area contributed by atoms with Gasteiger partial charge in [0.05, 0.1) is 25.8 Å². The van der Waals surface area contributed by atoms with Gasteiger partial charge in [0.1, 0.15) is 17.4 Å². The van der Waals surface area contributed by atoms with Crippen LogP contribution in [0.5, 0.6) is 11.5 Å². The zero-order chi connectivity index (χ0) is 22.5. The maximum absolute atomic E-state index is 12.8. The minimum absolute atomic E-state index is 0.000477. The van der Waals surface area contributed by atoms with Gasteiger partial charge >= 0.3 is 0 Å². The highest BCUT2D eigenvalue weighted by Gasteiger charge is 2.25. The Morgan fingerprint density at radius 3 is 2.68 bits per heavy atom. The minimum Gasteiger partial charge on any atom is -0.493 e. The summed E-state index contributed by atoms with van der Waals surface area (Å²) in [6, 6.07) is 5.54. The predicted molar refractivity (Wildman–Crippen MR) is 118 cm³/mol. The van der Waals surface area contributed by atoms with Gasteiger partial charge in [-0.2, -0.15) is 5.10 Å². The highest BCUT2D eigenvalue weighted by molar-refractivity contribution is 5.82. The van der Waals surface area contributed by atoms with E-state index in [2.05, 4.69) is 21.6 Å². The molecule has 0 radical (unpaired) electrons. The van der Waals surface area contributed by atoms with Gasteiger partial charge in [-0.05, 0) is 50.8 Å². The van der Waals surface area contributed by atoms with Crippen LogP contribution in [0.2, 0.25) is 0 Å². The molecule has 31 heavy (non-hydrogen) atoms. The van der Waals surface area contributed by atoms with Gasteiger partial charge in [-0.1, -0.05) is 12.1 Å². The number of H-pyrrole nitrogens is 1. The molecule has 0 fully saturated rings. The first kappa shape index (κ1) is 22.3. The average molecular weight is 425 g/mol. The van der Waals surface area contributed by atoms with Crippen LogP contribution in [0.1, 0.15) is 55.0 Å². The fraction of sp³-hybridized carbons (Fsp3) is 0.391. The first-order valence-corrected chi connectivity index (χ1v) is 10.2. The van der Waals surface area contributed by atoms with Gasteiger partial charge < -0.3 is 14.5 Å². The van der Waals surface area contributed by atoms with Crippen LogP contribution in [0.25, 0.3) is 5.52 Å². The van der Waals surface area contributed by atoms with Crippen molar-refractivity contribution in [2.24, 2.45) is 0 Å². The molecule has 0 bridgehead atoms. The van der Waals surface area contributed by atoms with Crippen molar-refractivity contribution in [3.05, 3.63) is 64.1 Å². The molecule has 3 aromatic rings. The molecule has 1 aromatic carbocycles. The Kier molecular flexibility index (Phi) is 6.89. The second-order valence-corrected chi connectivity index (χ2v) is 7.47. The van der Waals surface area contributed by atoms with E-state index in [9.17, 15) is 9.59 Å². The van der Waals surface area contributed by atoms with Gasteiger partial charge in [0.15, 0.2) is 17.0 Å². The number of hydrogen-bond donors (Lipinski definition) is 1. The lowest BCUT2D eigenvalue weighted by Crippen LogP contribution is -2.20. The monoisotopic (exact) mass is 424 g/mol. The number of Topliss-reactive ketones (excluding diaryl/α,β-unsaturated/α-hetero) is 1. The second kappa shape index (κ2) is 9.59. The van der Waals surface area contributed by atoms with E-state index in [0.717, 1.165) is 18.4 Å². The highest BCUT2D eigenvalue weighted by Crippen LogP contribution is 2.28. The average Bonchev–Trinajstić information content (AvgIpc) is 3.07. The number of aromatic amines is 1. The lowest BCUT2D eigenvalue weighted by Gasteiger charge is -2.12. The van der Waals surface area contributed by atoms with Crippen LogP contribution in [-0.2, 0) is 11.2 Å². The summed E-state index contributed by atoms with van der Waals surface area (Å²) in [4.78, 5) is 32.6. The number of carbonyl (C=O) groups is 1. The first-order valence-electron chi connectivity index (χ1n) is 10.2. The zero-order valence-corrected chi connectivity index (χ0v) is 18.4. The topological polar surface area (TPSA) is 98.6 Å². The van der Waals surface area contributed by atoms with Crippen LogP contribution in [0.15, 0.2) is 35.6 Å². The smallest absolute Gasteiger partial charge is 0.277 e. The number of hydrogen-bond acceptors (Lipinski definition) is 6. The number of ether oxygens (including phenoxy) is 2. The van der Waals surface area contributed by atoms with Crippen LogP contribution in [0.3, 0.4) is 0 Å². The van der Waals surface area contributed by atoms with Crippen molar-refractivity contribution in [2.45, 2.75) is 45.4 Å². The number of carbonyl (C=O) groups excluding carboxylic acids is 1. The van der Waals surface area contributed by atoms with E-state index >= 15 is 0 Å². The molecule has 2 heterocycles. The summed E-state index contributed by atoms with van der Waals surface area (Å²) >= 11 is 0. The molecule has 0 amide bonds. The molecule has 0 saturated carbocycles. The molecule has 0 spiro atoms. The number of allylic oxidation sites excluding steroid dienone is 1. The third-order valence-electron chi connectivity index (χ3n) is 5.27. The van der Waals surface area contributed by atoms with E-state index in [0.29, 0.717) is 47.2 Å². The summed E-state index contributed by atoms with van der Waals surface area (Å²) < 4.78 is 12.2. The van der Waals surface area contributed by atoms with Gasteiger partial charge in [-0.3, -0.25) is 9.59 Å². The zero-order valence-electron chi connectivity index (χ0n) is 18.4. The van der Waals surface area contributed by atoms with Crippen LogP contribution in [0.4, 0.5) is 0 Å². The molecule has 8 nitrogen and oxygen atoms in total. The highest BCUT2D eigenvalue weighted by atomic mass is 16.5. The fourth-order valence-electron chi connectivity index (χ4n) is 3.71. The number of fused-ring (bicyclic) bond motifs is 1. The summed E-state index contributed by atoms with van der Waals surface area (Å²) in [6.45, 7) is 7.04. The van der Waals surface area contributed by atoms with Gasteiger partial charge in [-0.25, -0.2) is 9.50 Å². The molecule has 1 unspecified atom stereocenters. The predicted octanol–water partition coefficient (Wildman–Crippen LogP) is 3.36. The molecule has 0 saturated heterocycles. The quantitative estimate of drug-likeness (QED) is 0.396. The van der Waals surface area contributed by atoms with E-state index in [4.69, 9.17) is 9.47 Å². The van der Waals surface area contributed by atoms with Gasteiger partial charge in [0, 0.05) is 6.42 Å². The SMILES string of the molecule is C=CCCCC(C(C)=O)c1nc(C)c2c(=O)[nH]c(Cc3ccc(OC)c(OC)c3)nn12. The summed E-state index contributed by atoms with van der Waals surface area (Å²) in [7, 11) is 3.15. The van der Waals surface area contributed by atoms with Gasteiger partial charge in [-0.15, -0.1) is 6.58 Å². The molecule has 0 aliphatic heterocycles. The third kappa shape index (κ3) is 4.68. The number of ketones is 1. The standard InChI is InChI=1S/C23H28N4O4/c1-6-7-8-9-17(15(3)28)22-24-14(2)21-23(29)25-20(26-27(21)22)13-16-10-11-18(30-4)19(12-16)31-5/h6,10-12,17H,1,7-9,13H2,2-5H3,(H,25,26,29). The Labute approximate surface area is 180 Å². The number of rotatable bonds is 10. The lowest BCUT2D eigenvalue weighted by molar-refractivity contribution is -0.118. The Morgan fingerprint density at radius 1 is 1.29 bits per heavy atom. The summed E-state index contributed by atoms with van der Waals surface area (Å²) in [5, 5.41) is 4.64. The molecule has 164 valence electrons. The molecule has 8 heteroatoms. The van der Waals surface area contributed by atoms with Crippen molar-refractivity contribution in [3.8, 4) is 11.5 Å². The number of methoxy groups -OCH3 is 2. The fourth-order valence-corrected chi connectivity index (χ4v) is 3.71. The summed E-state index contributed by atoms with van der Waals surface area (Å²) in [6.07, 6.45) is 4.45. The second-order valence-electron chi connectivity index (χ2n) is 7.47. The number of aryl methyl sites for hydroxylation is 1. The van der Waals surface area contributed by atoms with Crippen LogP contribution >= 0.6 is 0 Å². The summed E-state index contributed by atoms with van der Waals surface area (Å²) in [5.74, 6) is 1.77. The number of aromatic nitrogens is 4. The van der Waals surface area contributed by atoms with E-state index in [1.807, 2.05) is 24.3 Å². The van der Waals surface area contributed by atoms with E-state index in [1.54, 1.807) is 28.1 Å². The van der Waals surface area contributed by atoms with E-state index < -0.39 is 5.92 Å². The Bertz CT molecular complexity index is 1160. The summed E-state index contributed by atoms with van der Waals surface area (Å²) in [5.41, 5.74) is 1.53. The molecular formula is C23H28N4O4. The molecule has 3 rings (SSSR count). The lowest BCUT2D eigenvalue weighted by atomic mass is 9.97. The van der Waals surface area contributed by atoms with Crippen molar-refractivity contribution in [1.82, 2.24) is 19.6 Å². The van der Waals surface area contributed by atoms with Crippen LogP contribution in [0, 0.1) is 6.92 Å². The molecule has 1 N–H and O–H groups in total. The van der Waals surface area contributed by atoms with Crippen LogP contribution in [-0.4, -0.2) is 39.6 Å². The molecular weight excluding hydrogens is 396 g/mol. The van der Waals surface area contributed by atoms with Gasteiger partial charge in [0.2, 0.25) is 0 Å². The Morgan fingerprint density at radius 2 is 2.03 bits per heavy atom. The number of nitrogens with one attached hydrogen (secondary N) is 1. The first-order chi connectivity index (χ1) is 14.9. The van der Waals surface area contributed by atoms with Crippen molar-refractivity contribution in [2.75, 3.05) is 14.2 Å². The Balaban J connectivity index is 2.03. The van der Waals surface area contributed by atoms with Crippen molar-refractivity contribution < 1.29 is 14.3 Å². The van der Waals surface area contributed by atoms with Gasteiger partial charge in [0.25, 0.3) is 5.56 Å². The maximum atomic E-state index is 12.8. The van der Waals surface area contributed by atoms with Crippen molar-refractivity contribution in [1.29, 1.82) is 0 Å². The van der Waals surface area contributed by atoms with Crippen molar-refractivity contribution in [3.63, 3.8) is 0 Å². The largest absolute Gasteiger partial charge is 0.493 e. The number of benzene rings is 1. The molecule has 0 aliphatic rings.